The highest BCUT2D eigenvalue weighted by molar-refractivity contribution is 7.15. The molecule has 1 aromatic rings. The summed E-state index contributed by atoms with van der Waals surface area (Å²) in [4.78, 5) is 7.99. The average molecular weight is 240 g/mol. The van der Waals surface area contributed by atoms with Gasteiger partial charge in [-0.3, -0.25) is 0 Å². The predicted octanol–water partition coefficient (Wildman–Crippen LogP) is 1.00. The van der Waals surface area contributed by atoms with Gasteiger partial charge in [-0.05, 0) is 12.8 Å². The van der Waals surface area contributed by atoms with Crippen molar-refractivity contribution in [2.75, 3.05) is 37.8 Å². The van der Waals surface area contributed by atoms with E-state index in [1.807, 2.05) is 6.20 Å². The topological polar surface area (TPSA) is 45.6 Å². The highest BCUT2D eigenvalue weighted by atomic mass is 32.1. The van der Waals surface area contributed by atoms with Crippen molar-refractivity contribution < 1.29 is 9.84 Å². The summed E-state index contributed by atoms with van der Waals surface area (Å²) < 4.78 is 5.32. The normalized spacial score (nSPS) is 23.4. The Morgan fingerprint density at radius 2 is 2.19 bits per heavy atom. The van der Waals surface area contributed by atoms with Gasteiger partial charge in [0.1, 0.15) is 0 Å². The molecule has 4 nitrogen and oxygen atoms in total. The highest BCUT2D eigenvalue weighted by Crippen LogP contribution is 2.50. The van der Waals surface area contributed by atoms with E-state index in [1.165, 1.54) is 4.88 Å². The van der Waals surface area contributed by atoms with Gasteiger partial charge in [-0.2, -0.15) is 0 Å². The SMILES string of the molecule is OCC1(c2cnc(N3CCOCC3)s2)CC1. The monoisotopic (exact) mass is 240 g/mol. The van der Waals surface area contributed by atoms with E-state index in [2.05, 4.69) is 9.88 Å². The molecule has 2 fully saturated rings. The number of aliphatic hydroxyl groups excluding tert-OH is 1. The number of thiazole rings is 1. The van der Waals surface area contributed by atoms with E-state index >= 15 is 0 Å². The Labute approximate surface area is 98.9 Å². The lowest BCUT2D eigenvalue weighted by Gasteiger charge is -2.26. The second kappa shape index (κ2) is 3.98. The zero-order valence-corrected chi connectivity index (χ0v) is 10.0. The van der Waals surface area contributed by atoms with Crippen LogP contribution in [0.5, 0.6) is 0 Å². The van der Waals surface area contributed by atoms with Crippen molar-refractivity contribution in [3.8, 4) is 0 Å². The number of aliphatic hydroxyl groups is 1. The van der Waals surface area contributed by atoms with Gasteiger partial charge in [0.05, 0.1) is 19.8 Å². The van der Waals surface area contributed by atoms with Crippen molar-refractivity contribution in [3.05, 3.63) is 11.1 Å². The van der Waals surface area contributed by atoms with E-state index in [1.54, 1.807) is 11.3 Å². The van der Waals surface area contributed by atoms with Crippen LogP contribution in [-0.2, 0) is 10.2 Å². The van der Waals surface area contributed by atoms with E-state index in [9.17, 15) is 5.11 Å². The Kier molecular flexibility index (Phi) is 2.61. The molecule has 0 atom stereocenters. The predicted molar refractivity (Wildman–Crippen MR) is 63.1 cm³/mol. The fourth-order valence-corrected chi connectivity index (χ4v) is 3.25. The number of hydrogen-bond donors (Lipinski definition) is 1. The number of aromatic nitrogens is 1. The molecule has 3 rings (SSSR count). The number of anilines is 1. The van der Waals surface area contributed by atoms with Crippen LogP contribution in [0, 0.1) is 0 Å². The maximum Gasteiger partial charge on any atom is 0.185 e. The maximum atomic E-state index is 9.37. The van der Waals surface area contributed by atoms with Crippen molar-refractivity contribution in [1.29, 1.82) is 0 Å². The minimum atomic E-state index is 0.0577. The summed E-state index contributed by atoms with van der Waals surface area (Å²) in [5.74, 6) is 0. The van der Waals surface area contributed by atoms with Crippen LogP contribution >= 0.6 is 11.3 Å². The number of nitrogens with zero attached hydrogens (tertiary/aromatic N) is 2. The van der Waals surface area contributed by atoms with Crippen LogP contribution in [0.3, 0.4) is 0 Å². The van der Waals surface area contributed by atoms with Gasteiger partial charge in [-0.1, -0.05) is 0 Å². The maximum absolute atomic E-state index is 9.37. The zero-order chi connectivity index (χ0) is 11.0. The molecule has 1 aromatic heterocycles. The Morgan fingerprint density at radius 3 is 2.81 bits per heavy atom. The molecule has 2 heterocycles. The van der Waals surface area contributed by atoms with Gasteiger partial charge < -0.3 is 14.7 Å². The quantitative estimate of drug-likeness (QED) is 0.856. The Bertz CT molecular complexity index is 370. The molecule has 1 aliphatic heterocycles. The lowest BCUT2D eigenvalue weighted by molar-refractivity contribution is 0.122. The number of morpholine rings is 1. The van der Waals surface area contributed by atoms with Gasteiger partial charge >= 0.3 is 0 Å². The fraction of sp³-hybridized carbons (Fsp3) is 0.727. The smallest absolute Gasteiger partial charge is 0.185 e. The first-order chi connectivity index (χ1) is 7.84. The van der Waals surface area contributed by atoms with E-state index in [4.69, 9.17) is 4.74 Å². The second-order valence-corrected chi connectivity index (χ2v) is 5.55. The molecule has 0 bridgehead atoms. The van der Waals surface area contributed by atoms with Gasteiger partial charge in [0.2, 0.25) is 0 Å². The zero-order valence-electron chi connectivity index (χ0n) is 9.19. The summed E-state index contributed by atoms with van der Waals surface area (Å²) in [6.45, 7) is 3.70. The van der Waals surface area contributed by atoms with Gasteiger partial charge in [0.25, 0.3) is 0 Å². The summed E-state index contributed by atoms with van der Waals surface area (Å²) in [6.07, 6.45) is 4.15. The summed E-state index contributed by atoms with van der Waals surface area (Å²) in [5, 5.41) is 10.5. The largest absolute Gasteiger partial charge is 0.395 e. The molecule has 16 heavy (non-hydrogen) atoms. The van der Waals surface area contributed by atoms with Crippen molar-refractivity contribution in [2.24, 2.45) is 0 Å². The van der Waals surface area contributed by atoms with Crippen LogP contribution in [0.25, 0.3) is 0 Å². The lowest BCUT2D eigenvalue weighted by atomic mass is 10.1. The first-order valence-corrected chi connectivity index (χ1v) is 6.56. The van der Waals surface area contributed by atoms with Crippen molar-refractivity contribution in [2.45, 2.75) is 18.3 Å². The third-order valence-corrected chi connectivity index (χ3v) is 4.76. The molecule has 0 aromatic carbocycles. The molecule has 0 unspecified atom stereocenters. The lowest BCUT2D eigenvalue weighted by Crippen LogP contribution is -2.36. The first kappa shape index (κ1) is 10.5. The van der Waals surface area contributed by atoms with Crippen molar-refractivity contribution in [3.63, 3.8) is 0 Å². The van der Waals surface area contributed by atoms with Crippen LogP contribution < -0.4 is 4.90 Å². The van der Waals surface area contributed by atoms with E-state index < -0.39 is 0 Å². The average Bonchev–Trinajstić information content (AvgIpc) is 3.00. The molecule has 88 valence electrons. The molecule has 1 saturated carbocycles. The van der Waals surface area contributed by atoms with E-state index in [-0.39, 0.29) is 12.0 Å². The van der Waals surface area contributed by atoms with E-state index in [0.717, 1.165) is 44.3 Å². The van der Waals surface area contributed by atoms with Crippen molar-refractivity contribution >= 4 is 16.5 Å². The summed E-state index contributed by atoms with van der Waals surface area (Å²) in [6, 6.07) is 0. The van der Waals surface area contributed by atoms with E-state index in [0.29, 0.717) is 0 Å². The number of hydrogen-bond acceptors (Lipinski definition) is 5. The minimum Gasteiger partial charge on any atom is -0.395 e. The van der Waals surface area contributed by atoms with Gasteiger partial charge in [0, 0.05) is 29.6 Å². The Hall–Kier alpha value is -0.650. The van der Waals surface area contributed by atoms with Crippen LogP contribution in [0.15, 0.2) is 6.20 Å². The molecule has 0 radical (unpaired) electrons. The molecular formula is C11H16N2O2S. The fourth-order valence-electron chi connectivity index (χ4n) is 2.04. The number of rotatable bonds is 3. The molecule has 0 amide bonds. The molecule has 5 heteroatoms. The summed E-state index contributed by atoms with van der Waals surface area (Å²) >= 11 is 1.73. The minimum absolute atomic E-state index is 0.0577. The summed E-state index contributed by atoms with van der Waals surface area (Å²) in [7, 11) is 0. The van der Waals surface area contributed by atoms with Gasteiger partial charge in [-0.15, -0.1) is 11.3 Å². The van der Waals surface area contributed by atoms with Crippen LogP contribution in [0.2, 0.25) is 0 Å². The molecular weight excluding hydrogens is 224 g/mol. The van der Waals surface area contributed by atoms with Gasteiger partial charge in [0.15, 0.2) is 5.13 Å². The number of ether oxygens (including phenoxy) is 1. The standard InChI is InChI=1S/C11H16N2O2S/c14-8-11(1-2-11)9-7-12-10(16-9)13-3-5-15-6-4-13/h7,14H,1-6,8H2. The molecule has 1 aliphatic carbocycles. The molecule has 1 saturated heterocycles. The first-order valence-electron chi connectivity index (χ1n) is 5.74. The molecule has 2 aliphatic rings. The second-order valence-electron chi connectivity index (χ2n) is 4.54. The third-order valence-electron chi connectivity index (χ3n) is 3.45. The third kappa shape index (κ3) is 1.73. The van der Waals surface area contributed by atoms with Crippen LogP contribution in [0.1, 0.15) is 17.7 Å². The summed E-state index contributed by atoms with van der Waals surface area (Å²) in [5.41, 5.74) is 0.0577. The molecule has 0 spiro atoms. The Morgan fingerprint density at radius 1 is 1.44 bits per heavy atom. The Balaban J connectivity index is 1.77. The highest BCUT2D eigenvalue weighted by Gasteiger charge is 2.45. The van der Waals surface area contributed by atoms with Gasteiger partial charge in [-0.25, -0.2) is 4.98 Å². The van der Waals surface area contributed by atoms with Crippen LogP contribution in [-0.4, -0.2) is 43.0 Å². The van der Waals surface area contributed by atoms with Crippen LogP contribution in [0.4, 0.5) is 5.13 Å². The van der Waals surface area contributed by atoms with Crippen molar-refractivity contribution in [1.82, 2.24) is 4.98 Å². The molecule has 1 N–H and O–H groups in total.